The first-order valence-electron chi connectivity index (χ1n) is 8.85. The maximum atomic E-state index is 5.07. The zero-order chi connectivity index (χ0) is 20.1. The molecule has 27 heavy (non-hydrogen) atoms. The van der Waals surface area contributed by atoms with Crippen molar-refractivity contribution in [3.8, 4) is 11.8 Å². The standard InChI is InChI=1S/C20H19NS2.C4H8/c1-15(2)18(14-21-16(3)22)13-20-12-11-19(23-20)10-9-17-7-5-4-6-8-17;1-3-4-2/h4-8,11-13H,1,14H2,2-3H3,(H,21,22);3H,1,4H2,2H3/b18-13+;. The van der Waals surface area contributed by atoms with Crippen molar-refractivity contribution >= 4 is 34.6 Å². The number of nitrogens with one attached hydrogen (secondary N) is 1. The van der Waals surface area contributed by atoms with Crippen molar-refractivity contribution in [1.29, 1.82) is 0 Å². The smallest absolute Gasteiger partial charge is 0.0778 e. The number of hydrogen-bond acceptors (Lipinski definition) is 2. The highest BCUT2D eigenvalue weighted by atomic mass is 32.1. The summed E-state index contributed by atoms with van der Waals surface area (Å²) < 4.78 is 0. The molecule has 0 aliphatic heterocycles. The maximum absolute atomic E-state index is 5.07. The molecule has 0 saturated heterocycles. The average molecular weight is 394 g/mol. The van der Waals surface area contributed by atoms with Gasteiger partial charge < -0.3 is 5.32 Å². The second-order valence-electron chi connectivity index (χ2n) is 5.87. The lowest BCUT2D eigenvalue weighted by atomic mass is 10.1. The molecule has 0 amide bonds. The highest BCUT2D eigenvalue weighted by Gasteiger charge is 2.01. The van der Waals surface area contributed by atoms with E-state index in [2.05, 4.69) is 55.4 Å². The minimum absolute atomic E-state index is 0.702. The summed E-state index contributed by atoms with van der Waals surface area (Å²) in [4.78, 5) is 3.02. The lowest BCUT2D eigenvalue weighted by Crippen LogP contribution is -2.21. The van der Waals surface area contributed by atoms with Crippen LogP contribution in [-0.2, 0) is 0 Å². The lowest BCUT2D eigenvalue weighted by Gasteiger charge is -2.08. The zero-order valence-corrected chi connectivity index (χ0v) is 18.0. The van der Waals surface area contributed by atoms with Crippen LogP contribution in [-0.4, -0.2) is 11.5 Å². The molecule has 3 heteroatoms. The topological polar surface area (TPSA) is 12.0 Å². The van der Waals surface area contributed by atoms with E-state index >= 15 is 0 Å². The van der Waals surface area contributed by atoms with E-state index in [4.69, 9.17) is 12.2 Å². The molecule has 2 aromatic rings. The Morgan fingerprint density at radius 2 is 1.81 bits per heavy atom. The fourth-order valence-corrected chi connectivity index (χ4v) is 2.77. The van der Waals surface area contributed by atoms with E-state index < -0.39 is 0 Å². The van der Waals surface area contributed by atoms with Gasteiger partial charge >= 0.3 is 0 Å². The van der Waals surface area contributed by atoms with Gasteiger partial charge in [0.05, 0.1) is 9.87 Å². The fourth-order valence-electron chi connectivity index (χ4n) is 1.87. The van der Waals surface area contributed by atoms with Crippen molar-refractivity contribution in [1.82, 2.24) is 5.32 Å². The molecule has 1 aromatic carbocycles. The van der Waals surface area contributed by atoms with Gasteiger partial charge in [-0.05, 0) is 56.2 Å². The van der Waals surface area contributed by atoms with Gasteiger partial charge in [0.15, 0.2) is 0 Å². The van der Waals surface area contributed by atoms with Crippen LogP contribution in [0.5, 0.6) is 0 Å². The highest BCUT2D eigenvalue weighted by molar-refractivity contribution is 7.80. The third kappa shape index (κ3) is 9.75. The monoisotopic (exact) mass is 393 g/mol. The normalized spacial score (nSPS) is 9.96. The minimum Gasteiger partial charge on any atom is -0.376 e. The summed E-state index contributed by atoms with van der Waals surface area (Å²) >= 11 is 6.75. The summed E-state index contributed by atoms with van der Waals surface area (Å²) in [5.41, 5.74) is 3.22. The second kappa shape index (κ2) is 12.9. The largest absolute Gasteiger partial charge is 0.376 e. The summed E-state index contributed by atoms with van der Waals surface area (Å²) in [5.74, 6) is 6.40. The molecule has 0 aliphatic carbocycles. The number of benzene rings is 1. The third-order valence-corrected chi connectivity index (χ3v) is 4.50. The van der Waals surface area contributed by atoms with Crippen LogP contribution in [0.2, 0.25) is 0 Å². The molecule has 0 unspecified atom stereocenters. The number of rotatable bonds is 5. The molecule has 1 N–H and O–H groups in total. The highest BCUT2D eigenvalue weighted by Crippen LogP contribution is 2.20. The van der Waals surface area contributed by atoms with Gasteiger partial charge in [0.1, 0.15) is 0 Å². The predicted molar refractivity (Wildman–Crippen MR) is 126 cm³/mol. The first-order chi connectivity index (χ1) is 13.0. The molecule has 1 nitrogen and oxygen atoms in total. The number of thiocarbonyl (C=S) groups is 1. The van der Waals surface area contributed by atoms with Crippen molar-refractivity contribution in [2.75, 3.05) is 6.54 Å². The van der Waals surface area contributed by atoms with E-state index in [1.165, 1.54) is 4.88 Å². The van der Waals surface area contributed by atoms with E-state index in [1.807, 2.05) is 50.3 Å². The van der Waals surface area contributed by atoms with Crippen LogP contribution >= 0.6 is 23.6 Å². The molecule has 0 atom stereocenters. The van der Waals surface area contributed by atoms with Gasteiger partial charge in [0.2, 0.25) is 0 Å². The number of allylic oxidation sites excluding steroid dienone is 1. The summed E-state index contributed by atoms with van der Waals surface area (Å²) in [7, 11) is 0. The van der Waals surface area contributed by atoms with Crippen molar-refractivity contribution in [2.24, 2.45) is 0 Å². The zero-order valence-electron chi connectivity index (χ0n) is 16.3. The molecule has 0 radical (unpaired) electrons. The van der Waals surface area contributed by atoms with E-state index in [9.17, 15) is 0 Å². The molecule has 140 valence electrons. The van der Waals surface area contributed by atoms with Crippen LogP contribution in [0.1, 0.15) is 42.5 Å². The van der Waals surface area contributed by atoms with Gasteiger partial charge in [-0.2, -0.15) is 0 Å². The fraction of sp³-hybridized carbons (Fsp3) is 0.208. The maximum Gasteiger partial charge on any atom is 0.0778 e. The third-order valence-electron chi connectivity index (χ3n) is 3.41. The van der Waals surface area contributed by atoms with Gasteiger partial charge in [-0.25, -0.2) is 0 Å². The summed E-state index contributed by atoms with van der Waals surface area (Å²) in [6.07, 6.45) is 5.10. The van der Waals surface area contributed by atoms with Gasteiger partial charge in [-0.15, -0.1) is 17.9 Å². The minimum atomic E-state index is 0.702. The summed E-state index contributed by atoms with van der Waals surface area (Å²) in [6.45, 7) is 14.2. The Balaban J connectivity index is 0.000000828. The summed E-state index contributed by atoms with van der Waals surface area (Å²) in [5, 5.41) is 3.18. The molecule has 1 heterocycles. The van der Waals surface area contributed by atoms with Gasteiger partial charge in [-0.1, -0.05) is 67.4 Å². The molecule has 0 saturated carbocycles. The molecule has 0 bridgehead atoms. The molecular formula is C24H27NS2. The molecule has 2 rings (SSSR count). The van der Waals surface area contributed by atoms with Crippen molar-refractivity contribution < 1.29 is 0 Å². The Hall–Kier alpha value is -2.41. The van der Waals surface area contributed by atoms with Crippen LogP contribution in [0.3, 0.4) is 0 Å². The molecule has 0 spiro atoms. The van der Waals surface area contributed by atoms with E-state index in [-0.39, 0.29) is 0 Å². The SMILES string of the molecule is C=C(C)/C(=C/c1ccc(C#Cc2ccccc2)s1)CNC(C)=S.C=CCC. The number of thiophene rings is 1. The quantitative estimate of drug-likeness (QED) is 0.265. The van der Waals surface area contributed by atoms with Gasteiger partial charge in [-0.3, -0.25) is 0 Å². The van der Waals surface area contributed by atoms with Crippen molar-refractivity contribution in [2.45, 2.75) is 27.2 Å². The van der Waals surface area contributed by atoms with Crippen LogP contribution in [0.4, 0.5) is 0 Å². The Morgan fingerprint density at radius 3 is 2.37 bits per heavy atom. The van der Waals surface area contributed by atoms with Crippen LogP contribution in [0.25, 0.3) is 6.08 Å². The van der Waals surface area contributed by atoms with Crippen LogP contribution in [0, 0.1) is 11.8 Å². The van der Waals surface area contributed by atoms with E-state index in [1.54, 1.807) is 11.3 Å². The Kier molecular flexibility index (Phi) is 10.8. The van der Waals surface area contributed by atoms with Crippen LogP contribution in [0.15, 0.2) is 72.8 Å². The van der Waals surface area contributed by atoms with E-state index in [0.29, 0.717) is 6.54 Å². The average Bonchev–Trinajstić information content (AvgIpc) is 3.11. The Labute approximate surface area is 173 Å². The molecular weight excluding hydrogens is 366 g/mol. The van der Waals surface area contributed by atoms with Crippen LogP contribution < -0.4 is 5.32 Å². The summed E-state index contributed by atoms with van der Waals surface area (Å²) in [6, 6.07) is 14.2. The Bertz CT molecular complexity index is 845. The molecule has 1 aromatic heterocycles. The van der Waals surface area contributed by atoms with Gasteiger partial charge in [0.25, 0.3) is 0 Å². The van der Waals surface area contributed by atoms with Crippen molar-refractivity contribution in [3.63, 3.8) is 0 Å². The predicted octanol–water partition coefficient (Wildman–Crippen LogP) is 6.63. The van der Waals surface area contributed by atoms with E-state index in [0.717, 1.165) is 33.0 Å². The number of hydrogen-bond donors (Lipinski definition) is 1. The lowest BCUT2D eigenvalue weighted by molar-refractivity contribution is 1.01. The van der Waals surface area contributed by atoms with Gasteiger partial charge in [0, 0.05) is 17.0 Å². The Morgan fingerprint density at radius 1 is 1.15 bits per heavy atom. The first-order valence-corrected chi connectivity index (χ1v) is 10.1. The van der Waals surface area contributed by atoms with Crippen molar-refractivity contribution in [3.05, 3.63) is 88.2 Å². The second-order valence-corrected chi connectivity index (χ2v) is 7.60. The first kappa shape index (κ1) is 22.6. The molecule has 0 fully saturated rings. The molecule has 0 aliphatic rings.